The highest BCUT2D eigenvalue weighted by Gasteiger charge is 2.40. The monoisotopic (exact) mass is 319 g/mol. The van der Waals surface area contributed by atoms with Crippen molar-refractivity contribution in [2.45, 2.75) is 11.9 Å². The van der Waals surface area contributed by atoms with Gasteiger partial charge in [0.1, 0.15) is 6.00 Å². The van der Waals surface area contributed by atoms with Gasteiger partial charge in [0.25, 0.3) is 0 Å². The van der Waals surface area contributed by atoms with Gasteiger partial charge in [-0.2, -0.15) is 0 Å². The maximum atomic E-state index is 5.97. The predicted molar refractivity (Wildman–Crippen MR) is 93.0 cm³/mol. The molecular formula is C18H17B2O4. The van der Waals surface area contributed by atoms with Crippen molar-refractivity contribution in [2.24, 2.45) is 0 Å². The summed E-state index contributed by atoms with van der Waals surface area (Å²) in [6, 6.07) is 19.9. The first-order valence-electron chi connectivity index (χ1n) is 8.08. The highest BCUT2D eigenvalue weighted by molar-refractivity contribution is 6.50. The Labute approximate surface area is 142 Å². The maximum Gasteiger partial charge on any atom is 0.572 e. The molecule has 0 N–H and O–H groups in total. The fourth-order valence-electron chi connectivity index (χ4n) is 3.02. The average Bonchev–Trinajstić information content (AvgIpc) is 2.69. The minimum absolute atomic E-state index is 0.246. The van der Waals surface area contributed by atoms with E-state index in [-0.39, 0.29) is 11.9 Å². The zero-order chi connectivity index (χ0) is 16.2. The zero-order valence-corrected chi connectivity index (χ0v) is 13.2. The number of hydrogen-bond acceptors (Lipinski definition) is 4. The lowest BCUT2D eigenvalue weighted by atomic mass is 9.72. The summed E-state index contributed by atoms with van der Waals surface area (Å²) in [6.07, 6.45) is 1.69. The number of hydrogen-bond donors (Lipinski definition) is 0. The van der Waals surface area contributed by atoms with Crippen molar-refractivity contribution in [3.05, 3.63) is 78.1 Å². The molecule has 2 aromatic rings. The van der Waals surface area contributed by atoms with E-state index in [1.54, 1.807) is 6.26 Å². The van der Waals surface area contributed by atoms with Crippen LogP contribution in [-0.2, 0) is 18.6 Å². The van der Waals surface area contributed by atoms with Gasteiger partial charge in [0.2, 0.25) is 0 Å². The summed E-state index contributed by atoms with van der Waals surface area (Å²) >= 11 is 0. The topological polar surface area (TPSA) is 36.9 Å². The van der Waals surface area contributed by atoms with E-state index < -0.39 is 7.12 Å². The van der Waals surface area contributed by atoms with E-state index in [0.717, 1.165) is 11.1 Å². The van der Waals surface area contributed by atoms with Crippen LogP contribution in [0.4, 0.5) is 0 Å². The van der Waals surface area contributed by atoms with Crippen molar-refractivity contribution in [3.63, 3.8) is 0 Å². The molecule has 1 atom stereocenters. The van der Waals surface area contributed by atoms with E-state index in [9.17, 15) is 0 Å². The molecule has 1 fully saturated rings. The first kappa shape index (κ1) is 15.5. The Balaban J connectivity index is 1.46. The Bertz CT molecular complexity index is 685. The van der Waals surface area contributed by atoms with Crippen molar-refractivity contribution in [3.8, 4) is 0 Å². The van der Waals surface area contributed by atoms with Crippen molar-refractivity contribution in [1.29, 1.82) is 0 Å². The van der Waals surface area contributed by atoms with Gasteiger partial charge in [0, 0.05) is 24.7 Å². The molecule has 24 heavy (non-hydrogen) atoms. The minimum Gasteiger partial charge on any atom is -0.543 e. The summed E-state index contributed by atoms with van der Waals surface area (Å²) in [5, 5.41) is 0. The van der Waals surface area contributed by atoms with Crippen LogP contribution in [0.1, 0.15) is 17.0 Å². The summed E-state index contributed by atoms with van der Waals surface area (Å²) < 4.78 is 22.8. The van der Waals surface area contributed by atoms with Crippen LogP contribution in [0.25, 0.3) is 5.57 Å². The molecule has 4 nitrogen and oxygen atoms in total. The largest absolute Gasteiger partial charge is 0.572 e. The molecule has 0 aromatic heterocycles. The van der Waals surface area contributed by atoms with Crippen LogP contribution in [0.2, 0.25) is 0 Å². The third-order valence-corrected chi connectivity index (χ3v) is 4.31. The van der Waals surface area contributed by atoms with E-state index in [1.165, 1.54) is 13.2 Å². The predicted octanol–water partition coefficient (Wildman–Crippen LogP) is 2.84. The van der Waals surface area contributed by atoms with Gasteiger partial charge in [-0.15, -0.1) is 0 Å². The van der Waals surface area contributed by atoms with Gasteiger partial charge in [-0.1, -0.05) is 60.7 Å². The van der Waals surface area contributed by atoms with Crippen molar-refractivity contribution in [2.75, 3.05) is 13.2 Å². The molecule has 0 amide bonds. The normalized spacial score (nSPS) is 21.6. The van der Waals surface area contributed by atoms with E-state index in [2.05, 4.69) is 12.1 Å². The van der Waals surface area contributed by atoms with Crippen molar-refractivity contribution in [1.82, 2.24) is 0 Å². The van der Waals surface area contributed by atoms with E-state index in [4.69, 9.17) is 18.6 Å². The lowest BCUT2D eigenvalue weighted by Gasteiger charge is -2.33. The van der Waals surface area contributed by atoms with Crippen LogP contribution in [0.5, 0.6) is 0 Å². The molecule has 1 radical (unpaired) electrons. The maximum absolute atomic E-state index is 5.97. The summed E-state index contributed by atoms with van der Waals surface area (Å²) in [5.74, 6) is 0.246. The van der Waals surface area contributed by atoms with Crippen LogP contribution >= 0.6 is 0 Å². The minimum atomic E-state index is -0.448. The number of rotatable bonds is 3. The molecule has 119 valence electrons. The fraction of sp³-hybridized carbons (Fsp3) is 0.222. The quantitative estimate of drug-likeness (QED) is 0.815. The van der Waals surface area contributed by atoms with Crippen LogP contribution in [0.3, 0.4) is 0 Å². The molecule has 2 heterocycles. The van der Waals surface area contributed by atoms with E-state index >= 15 is 0 Å². The lowest BCUT2D eigenvalue weighted by molar-refractivity contribution is 0.0854. The second kappa shape index (κ2) is 7.26. The molecule has 2 aliphatic rings. The van der Waals surface area contributed by atoms with Crippen molar-refractivity contribution >= 4 is 20.4 Å². The molecule has 4 rings (SSSR count). The van der Waals surface area contributed by atoms with Gasteiger partial charge in [0.15, 0.2) is 0 Å². The zero-order valence-electron chi connectivity index (χ0n) is 13.2. The molecule has 0 aliphatic carbocycles. The lowest BCUT2D eigenvalue weighted by Crippen LogP contribution is -2.47. The first-order valence-corrected chi connectivity index (χ1v) is 8.08. The second-order valence-electron chi connectivity index (χ2n) is 5.87. The highest BCUT2D eigenvalue weighted by atomic mass is 16.6. The van der Waals surface area contributed by atoms with Crippen LogP contribution in [0, 0.1) is 0 Å². The molecule has 1 unspecified atom stereocenters. The van der Waals surface area contributed by atoms with Gasteiger partial charge in [-0.3, -0.25) is 0 Å². The molecule has 0 spiro atoms. The Hall–Kier alpha value is -2.01. The summed E-state index contributed by atoms with van der Waals surface area (Å²) in [5.41, 5.74) is 3.18. The van der Waals surface area contributed by atoms with Crippen LogP contribution in [-0.4, -0.2) is 34.0 Å². The Morgan fingerprint density at radius 2 is 1.54 bits per heavy atom. The van der Waals surface area contributed by atoms with Gasteiger partial charge in [-0.05, 0) is 11.1 Å². The molecular weight excluding hydrogens is 302 g/mol. The summed E-state index contributed by atoms with van der Waals surface area (Å²) in [7, 11) is 0.879. The smallest absolute Gasteiger partial charge is 0.543 e. The van der Waals surface area contributed by atoms with Crippen molar-refractivity contribution < 1.29 is 18.6 Å². The SMILES string of the molecule is [B]1OC=C(c2ccccc2)C(B2OCC(c3ccccc3)CO2)O1. The Kier molecular flexibility index (Phi) is 4.69. The second-order valence-corrected chi connectivity index (χ2v) is 5.87. The Morgan fingerprint density at radius 3 is 2.25 bits per heavy atom. The fourth-order valence-corrected chi connectivity index (χ4v) is 3.02. The van der Waals surface area contributed by atoms with Crippen LogP contribution < -0.4 is 0 Å². The first-order chi connectivity index (χ1) is 11.9. The molecule has 6 heteroatoms. The Morgan fingerprint density at radius 1 is 0.875 bits per heavy atom. The highest BCUT2D eigenvalue weighted by Crippen LogP contribution is 2.29. The van der Waals surface area contributed by atoms with E-state index in [0.29, 0.717) is 13.2 Å². The molecule has 0 bridgehead atoms. The van der Waals surface area contributed by atoms with Gasteiger partial charge in [0.05, 0.1) is 6.26 Å². The number of benzene rings is 2. The third-order valence-electron chi connectivity index (χ3n) is 4.31. The van der Waals surface area contributed by atoms with Crippen LogP contribution in [0.15, 0.2) is 66.9 Å². The molecule has 0 saturated carbocycles. The van der Waals surface area contributed by atoms with E-state index in [1.807, 2.05) is 48.5 Å². The average molecular weight is 319 g/mol. The third kappa shape index (κ3) is 3.26. The van der Waals surface area contributed by atoms with Gasteiger partial charge in [-0.25, -0.2) is 0 Å². The van der Waals surface area contributed by atoms with Gasteiger partial charge >= 0.3 is 14.8 Å². The molecule has 2 aromatic carbocycles. The standard InChI is InChI=1S/C18H17B2O4/c1-3-7-14(8-4-1)16-11-22-20(23-12-16)18-17(13-21-19-24-18)15-9-5-2-6-10-15/h1-10,13,16,18H,11-12H2. The van der Waals surface area contributed by atoms with Gasteiger partial charge < -0.3 is 18.6 Å². The summed E-state index contributed by atoms with van der Waals surface area (Å²) in [6.45, 7) is 1.22. The summed E-state index contributed by atoms with van der Waals surface area (Å²) in [4.78, 5) is 0. The molecule has 2 aliphatic heterocycles. The molecule has 1 saturated heterocycles.